The SMILES string of the molecule is Cc1nn(C(C)C(=O)Nc2ccn(Cc3ccc(Cl)cc3)n2)cc1Br. The second kappa shape index (κ2) is 7.41. The van der Waals surface area contributed by atoms with Crippen LogP contribution >= 0.6 is 27.5 Å². The van der Waals surface area contributed by atoms with Crippen molar-refractivity contribution in [3.05, 3.63) is 63.5 Å². The summed E-state index contributed by atoms with van der Waals surface area (Å²) in [5, 5.41) is 12.2. The number of rotatable bonds is 5. The normalized spacial score (nSPS) is 12.2. The Labute approximate surface area is 158 Å². The van der Waals surface area contributed by atoms with Gasteiger partial charge >= 0.3 is 0 Å². The third-order valence-electron chi connectivity index (χ3n) is 3.78. The summed E-state index contributed by atoms with van der Waals surface area (Å²) in [4.78, 5) is 12.4. The monoisotopic (exact) mass is 421 g/mol. The summed E-state index contributed by atoms with van der Waals surface area (Å²) in [7, 11) is 0. The number of carbonyl (C=O) groups excluding carboxylic acids is 1. The molecule has 0 saturated carbocycles. The van der Waals surface area contributed by atoms with Crippen molar-refractivity contribution in [3.8, 4) is 0 Å². The number of amides is 1. The van der Waals surface area contributed by atoms with Gasteiger partial charge in [0.05, 0.1) is 16.7 Å². The molecule has 1 aromatic carbocycles. The van der Waals surface area contributed by atoms with Crippen LogP contribution in [0.2, 0.25) is 5.02 Å². The molecule has 0 saturated heterocycles. The van der Waals surface area contributed by atoms with Gasteiger partial charge in [0.25, 0.3) is 0 Å². The molecule has 0 radical (unpaired) electrons. The molecule has 2 heterocycles. The van der Waals surface area contributed by atoms with E-state index in [0.717, 1.165) is 15.7 Å². The van der Waals surface area contributed by atoms with Crippen molar-refractivity contribution in [1.82, 2.24) is 19.6 Å². The molecule has 0 fully saturated rings. The zero-order valence-electron chi connectivity index (χ0n) is 13.8. The van der Waals surface area contributed by atoms with E-state index in [0.29, 0.717) is 17.4 Å². The molecule has 25 heavy (non-hydrogen) atoms. The van der Waals surface area contributed by atoms with Gasteiger partial charge in [-0.15, -0.1) is 0 Å². The van der Waals surface area contributed by atoms with Gasteiger partial charge in [-0.05, 0) is 47.5 Å². The van der Waals surface area contributed by atoms with Crippen LogP contribution in [-0.4, -0.2) is 25.5 Å². The third kappa shape index (κ3) is 4.29. The third-order valence-corrected chi connectivity index (χ3v) is 4.81. The number of halogens is 2. The maximum Gasteiger partial charge on any atom is 0.250 e. The zero-order chi connectivity index (χ0) is 18.0. The number of aryl methyl sites for hydroxylation is 1. The Balaban J connectivity index is 1.64. The van der Waals surface area contributed by atoms with Crippen LogP contribution in [0.25, 0.3) is 0 Å². The Bertz CT molecular complexity index is 867. The average Bonchev–Trinajstić information content (AvgIpc) is 3.15. The summed E-state index contributed by atoms with van der Waals surface area (Å²) in [5.41, 5.74) is 1.92. The quantitative estimate of drug-likeness (QED) is 0.674. The van der Waals surface area contributed by atoms with E-state index in [2.05, 4.69) is 31.4 Å². The van der Waals surface area contributed by atoms with E-state index in [1.54, 1.807) is 28.6 Å². The van der Waals surface area contributed by atoms with Crippen LogP contribution in [0, 0.1) is 6.92 Å². The number of carbonyl (C=O) groups is 1. The molecule has 3 aromatic rings. The van der Waals surface area contributed by atoms with Crippen LogP contribution < -0.4 is 5.32 Å². The Morgan fingerprint density at radius 2 is 2.00 bits per heavy atom. The predicted molar refractivity (Wildman–Crippen MR) is 101 cm³/mol. The first-order valence-electron chi connectivity index (χ1n) is 7.72. The van der Waals surface area contributed by atoms with E-state index in [-0.39, 0.29) is 5.91 Å². The summed E-state index contributed by atoms with van der Waals surface area (Å²) in [6.07, 6.45) is 3.61. The number of nitrogens with zero attached hydrogens (tertiary/aromatic N) is 4. The van der Waals surface area contributed by atoms with Crippen LogP contribution in [0.5, 0.6) is 0 Å². The molecule has 130 valence electrons. The molecular weight excluding hydrogens is 406 g/mol. The fourth-order valence-corrected chi connectivity index (χ4v) is 2.72. The Hall–Kier alpha value is -2.12. The molecule has 1 amide bonds. The second-order valence-electron chi connectivity index (χ2n) is 5.73. The van der Waals surface area contributed by atoms with E-state index in [4.69, 9.17) is 11.6 Å². The Kier molecular flexibility index (Phi) is 5.24. The van der Waals surface area contributed by atoms with E-state index in [1.807, 2.05) is 37.4 Å². The van der Waals surface area contributed by atoms with Gasteiger partial charge in [0, 0.05) is 23.5 Å². The van der Waals surface area contributed by atoms with Gasteiger partial charge < -0.3 is 5.32 Å². The van der Waals surface area contributed by atoms with Crippen LogP contribution in [-0.2, 0) is 11.3 Å². The van der Waals surface area contributed by atoms with Crippen molar-refractivity contribution in [3.63, 3.8) is 0 Å². The zero-order valence-corrected chi connectivity index (χ0v) is 16.1. The summed E-state index contributed by atoms with van der Waals surface area (Å²) >= 11 is 9.29. The lowest BCUT2D eigenvalue weighted by Gasteiger charge is -2.11. The molecule has 6 nitrogen and oxygen atoms in total. The number of aromatic nitrogens is 4. The van der Waals surface area contributed by atoms with Crippen molar-refractivity contribution in [2.45, 2.75) is 26.4 Å². The molecule has 8 heteroatoms. The average molecular weight is 423 g/mol. The topological polar surface area (TPSA) is 64.7 Å². The van der Waals surface area contributed by atoms with Crippen LogP contribution in [0.3, 0.4) is 0 Å². The van der Waals surface area contributed by atoms with E-state index in [1.165, 1.54) is 0 Å². The minimum Gasteiger partial charge on any atom is -0.307 e. The molecule has 0 spiro atoms. The summed E-state index contributed by atoms with van der Waals surface area (Å²) in [5.74, 6) is 0.334. The molecule has 0 aliphatic carbocycles. The smallest absolute Gasteiger partial charge is 0.250 e. The van der Waals surface area contributed by atoms with Gasteiger partial charge in [0.1, 0.15) is 6.04 Å². The van der Waals surface area contributed by atoms with Gasteiger partial charge in [0.15, 0.2) is 5.82 Å². The lowest BCUT2D eigenvalue weighted by molar-refractivity contribution is -0.119. The first-order chi connectivity index (χ1) is 11.9. The van der Waals surface area contributed by atoms with E-state index < -0.39 is 6.04 Å². The lowest BCUT2D eigenvalue weighted by Crippen LogP contribution is -2.24. The highest BCUT2D eigenvalue weighted by Gasteiger charge is 2.18. The molecule has 0 bridgehead atoms. The van der Waals surface area contributed by atoms with Crippen molar-refractivity contribution in [1.29, 1.82) is 0 Å². The fourth-order valence-electron chi connectivity index (χ4n) is 2.30. The highest BCUT2D eigenvalue weighted by atomic mass is 79.9. The fraction of sp³-hybridized carbons (Fsp3) is 0.235. The first-order valence-corrected chi connectivity index (χ1v) is 8.89. The first kappa shape index (κ1) is 17.7. The molecule has 3 rings (SSSR count). The molecule has 1 unspecified atom stereocenters. The maximum absolute atomic E-state index is 12.4. The van der Waals surface area contributed by atoms with Gasteiger partial charge in [0.2, 0.25) is 5.91 Å². The predicted octanol–water partition coefficient (Wildman–Crippen LogP) is 4.05. The molecule has 0 aliphatic rings. The second-order valence-corrected chi connectivity index (χ2v) is 7.02. The molecule has 1 atom stereocenters. The van der Waals surface area contributed by atoms with Crippen LogP contribution in [0.4, 0.5) is 5.82 Å². The molecule has 1 N–H and O–H groups in total. The number of hydrogen-bond donors (Lipinski definition) is 1. The molecule has 0 aliphatic heterocycles. The standard InChI is InChI=1S/C17H17BrClN5O/c1-11-15(18)10-24(21-11)12(2)17(25)20-16-7-8-23(22-16)9-13-3-5-14(19)6-4-13/h3-8,10,12H,9H2,1-2H3,(H,20,22,25). The highest BCUT2D eigenvalue weighted by molar-refractivity contribution is 9.10. The Morgan fingerprint density at radius 3 is 2.64 bits per heavy atom. The number of anilines is 1. The lowest BCUT2D eigenvalue weighted by atomic mass is 10.2. The van der Waals surface area contributed by atoms with Gasteiger partial charge in [-0.2, -0.15) is 10.2 Å². The summed E-state index contributed by atoms with van der Waals surface area (Å²) in [6.45, 7) is 4.27. The largest absolute Gasteiger partial charge is 0.307 e. The number of nitrogens with one attached hydrogen (secondary N) is 1. The minimum absolute atomic E-state index is 0.174. The maximum atomic E-state index is 12.4. The van der Waals surface area contributed by atoms with Gasteiger partial charge in [-0.3, -0.25) is 14.2 Å². The van der Waals surface area contributed by atoms with Crippen LogP contribution in [0.1, 0.15) is 24.2 Å². The molecular formula is C17H17BrClN5O. The van der Waals surface area contributed by atoms with Crippen LogP contribution in [0.15, 0.2) is 47.2 Å². The van der Waals surface area contributed by atoms with E-state index in [9.17, 15) is 4.79 Å². The minimum atomic E-state index is -0.439. The van der Waals surface area contributed by atoms with Crippen molar-refractivity contribution >= 4 is 39.3 Å². The number of hydrogen-bond acceptors (Lipinski definition) is 3. The summed E-state index contributed by atoms with van der Waals surface area (Å²) in [6, 6.07) is 8.91. The molecule has 2 aromatic heterocycles. The van der Waals surface area contributed by atoms with Gasteiger partial charge in [-0.25, -0.2) is 0 Å². The Morgan fingerprint density at radius 1 is 1.28 bits per heavy atom. The van der Waals surface area contributed by atoms with Crippen molar-refractivity contribution in [2.75, 3.05) is 5.32 Å². The van der Waals surface area contributed by atoms with Gasteiger partial charge in [-0.1, -0.05) is 23.7 Å². The van der Waals surface area contributed by atoms with Crippen molar-refractivity contribution < 1.29 is 4.79 Å². The summed E-state index contributed by atoms with van der Waals surface area (Å²) < 4.78 is 4.26. The number of benzene rings is 1. The van der Waals surface area contributed by atoms with E-state index >= 15 is 0 Å². The van der Waals surface area contributed by atoms with Crippen molar-refractivity contribution in [2.24, 2.45) is 0 Å². The highest BCUT2D eigenvalue weighted by Crippen LogP contribution is 2.18.